The van der Waals surface area contributed by atoms with Gasteiger partial charge in [0, 0.05) is 5.56 Å². The van der Waals surface area contributed by atoms with Crippen molar-refractivity contribution in [3.05, 3.63) is 89.5 Å². The minimum absolute atomic E-state index is 0.290. The number of amides is 1. The third kappa shape index (κ3) is 10.5. The largest absolute Gasteiger partial charge is 0.497 e. The zero-order chi connectivity index (χ0) is 27.4. The molecule has 11 nitrogen and oxygen atoms in total. The maximum atomic E-state index is 12.4. The van der Waals surface area contributed by atoms with E-state index >= 15 is 0 Å². The van der Waals surface area contributed by atoms with Crippen LogP contribution in [0.2, 0.25) is 0 Å². The topological polar surface area (TPSA) is 159 Å². The first-order valence-corrected chi connectivity index (χ1v) is 12.1. The Kier molecular flexibility index (Phi) is 10.8. The van der Waals surface area contributed by atoms with Crippen molar-refractivity contribution in [2.75, 3.05) is 19.6 Å². The molecule has 0 fully saturated rings. The number of methoxy groups -OCH3 is 2. The number of anilines is 1. The van der Waals surface area contributed by atoms with Gasteiger partial charge in [-0.2, -0.15) is 18.6 Å². The van der Waals surface area contributed by atoms with Crippen LogP contribution in [0.25, 0.3) is 0 Å². The molecule has 0 aromatic heterocycles. The SMILES string of the molecule is COc1ccc(/C(C)=N/NC(=O)c2ccc(N/N=C(\C)c3ccc(OC)cc3)cc2)cc1.O=S(=O)(O)O. The molecule has 0 radical (unpaired) electrons. The highest BCUT2D eigenvalue weighted by atomic mass is 32.3. The van der Waals surface area contributed by atoms with Crippen LogP contribution in [-0.4, -0.2) is 49.1 Å². The maximum Gasteiger partial charge on any atom is 0.394 e. The predicted molar refractivity (Wildman–Crippen MR) is 142 cm³/mol. The number of carbonyl (C=O) groups excluding carboxylic acids is 1. The van der Waals surface area contributed by atoms with Gasteiger partial charge in [-0.15, -0.1) is 0 Å². The average Bonchev–Trinajstić information content (AvgIpc) is 2.89. The van der Waals surface area contributed by atoms with Crippen molar-refractivity contribution in [2.24, 2.45) is 10.2 Å². The summed E-state index contributed by atoms with van der Waals surface area (Å²) in [4.78, 5) is 12.4. The molecule has 0 bridgehead atoms. The predicted octanol–water partition coefficient (Wildman–Crippen LogP) is 4.04. The highest BCUT2D eigenvalue weighted by molar-refractivity contribution is 7.79. The molecule has 0 spiro atoms. The van der Waals surface area contributed by atoms with Crippen LogP contribution in [0.15, 0.2) is 83.0 Å². The highest BCUT2D eigenvalue weighted by Crippen LogP contribution is 2.14. The molecular formula is C25H28N4O7S. The molecule has 12 heteroatoms. The van der Waals surface area contributed by atoms with Gasteiger partial charge in [0.2, 0.25) is 0 Å². The van der Waals surface area contributed by atoms with Gasteiger partial charge in [0.15, 0.2) is 0 Å². The summed E-state index contributed by atoms with van der Waals surface area (Å²) in [6.45, 7) is 3.75. The van der Waals surface area contributed by atoms with Gasteiger partial charge in [-0.05, 0) is 97.8 Å². The Balaban J connectivity index is 0.000000877. The van der Waals surface area contributed by atoms with Crippen molar-refractivity contribution in [3.63, 3.8) is 0 Å². The zero-order valence-electron chi connectivity index (χ0n) is 20.7. The number of ether oxygens (including phenoxy) is 2. The monoisotopic (exact) mass is 528 g/mol. The molecule has 196 valence electrons. The van der Waals surface area contributed by atoms with E-state index < -0.39 is 10.4 Å². The second-order valence-electron chi connectivity index (χ2n) is 7.43. The normalized spacial score (nSPS) is 11.6. The molecule has 1 amide bonds. The van der Waals surface area contributed by atoms with Crippen LogP contribution in [0.3, 0.4) is 0 Å². The lowest BCUT2D eigenvalue weighted by Gasteiger charge is -2.06. The van der Waals surface area contributed by atoms with E-state index in [1.54, 1.807) is 38.5 Å². The number of nitrogens with zero attached hydrogens (tertiary/aromatic N) is 2. The van der Waals surface area contributed by atoms with Gasteiger partial charge in [0.1, 0.15) is 11.5 Å². The summed E-state index contributed by atoms with van der Waals surface area (Å²) >= 11 is 0. The molecule has 0 atom stereocenters. The van der Waals surface area contributed by atoms with Crippen LogP contribution in [0.4, 0.5) is 5.69 Å². The maximum absolute atomic E-state index is 12.4. The summed E-state index contributed by atoms with van der Waals surface area (Å²) in [6, 6.07) is 22.2. The van der Waals surface area contributed by atoms with E-state index in [0.29, 0.717) is 11.3 Å². The molecule has 0 saturated heterocycles. The number of benzene rings is 3. The fourth-order valence-corrected chi connectivity index (χ4v) is 2.84. The van der Waals surface area contributed by atoms with Gasteiger partial charge in [-0.25, -0.2) is 5.43 Å². The van der Waals surface area contributed by atoms with Crippen LogP contribution in [-0.2, 0) is 10.4 Å². The van der Waals surface area contributed by atoms with E-state index in [2.05, 4.69) is 21.1 Å². The Labute approximate surface area is 215 Å². The lowest BCUT2D eigenvalue weighted by atomic mass is 10.1. The Morgan fingerprint density at radius 3 is 1.49 bits per heavy atom. The van der Waals surface area contributed by atoms with Crippen molar-refractivity contribution in [1.82, 2.24) is 5.43 Å². The number of hydrogen-bond acceptors (Lipinski definition) is 8. The molecule has 3 aromatic rings. The summed E-state index contributed by atoms with van der Waals surface area (Å²) in [6.07, 6.45) is 0. The Morgan fingerprint density at radius 2 is 1.08 bits per heavy atom. The molecule has 0 saturated carbocycles. The Hall–Kier alpha value is -4.26. The van der Waals surface area contributed by atoms with Gasteiger partial charge in [-0.1, -0.05) is 0 Å². The van der Waals surface area contributed by atoms with Gasteiger partial charge >= 0.3 is 10.4 Å². The third-order valence-corrected chi connectivity index (χ3v) is 4.84. The fourth-order valence-electron chi connectivity index (χ4n) is 2.84. The molecule has 0 heterocycles. The smallest absolute Gasteiger partial charge is 0.394 e. The first-order valence-electron chi connectivity index (χ1n) is 10.7. The summed E-state index contributed by atoms with van der Waals surface area (Å²) < 4.78 is 41.9. The molecule has 0 aliphatic carbocycles. The van der Waals surface area contributed by atoms with Gasteiger partial charge in [-0.3, -0.25) is 19.3 Å². The van der Waals surface area contributed by atoms with Gasteiger partial charge in [0.25, 0.3) is 5.91 Å². The van der Waals surface area contributed by atoms with E-state index in [1.807, 2.05) is 62.4 Å². The van der Waals surface area contributed by atoms with Crippen molar-refractivity contribution >= 4 is 33.4 Å². The number of nitrogens with one attached hydrogen (secondary N) is 2. The van der Waals surface area contributed by atoms with Crippen LogP contribution in [0.5, 0.6) is 11.5 Å². The van der Waals surface area contributed by atoms with Crippen molar-refractivity contribution < 1.29 is 31.8 Å². The summed E-state index contributed by atoms with van der Waals surface area (Å²) in [5.74, 6) is 1.28. The van der Waals surface area contributed by atoms with Crippen molar-refractivity contribution in [1.29, 1.82) is 0 Å². The molecule has 3 aromatic carbocycles. The van der Waals surface area contributed by atoms with E-state index in [-0.39, 0.29) is 5.91 Å². The lowest BCUT2D eigenvalue weighted by Crippen LogP contribution is -2.19. The van der Waals surface area contributed by atoms with E-state index in [9.17, 15) is 4.79 Å². The second-order valence-corrected chi connectivity index (χ2v) is 8.33. The number of hydrogen-bond donors (Lipinski definition) is 4. The minimum Gasteiger partial charge on any atom is -0.497 e. The summed E-state index contributed by atoms with van der Waals surface area (Å²) in [5.41, 5.74) is 10.3. The molecule has 3 rings (SSSR count). The van der Waals surface area contributed by atoms with Gasteiger partial charge in [0.05, 0.1) is 31.3 Å². The molecule has 37 heavy (non-hydrogen) atoms. The quantitative estimate of drug-likeness (QED) is 0.194. The third-order valence-electron chi connectivity index (χ3n) is 4.84. The molecule has 4 N–H and O–H groups in total. The second kappa shape index (κ2) is 13.7. The van der Waals surface area contributed by atoms with Crippen LogP contribution < -0.4 is 20.3 Å². The van der Waals surface area contributed by atoms with Gasteiger partial charge < -0.3 is 9.47 Å². The number of carbonyl (C=O) groups is 1. The molecule has 0 aliphatic rings. The van der Waals surface area contributed by atoms with Crippen LogP contribution in [0, 0.1) is 0 Å². The van der Waals surface area contributed by atoms with Crippen LogP contribution >= 0.6 is 0 Å². The first kappa shape index (κ1) is 29.0. The minimum atomic E-state index is -4.67. The molecular weight excluding hydrogens is 500 g/mol. The van der Waals surface area contributed by atoms with E-state index in [0.717, 1.165) is 34.0 Å². The lowest BCUT2D eigenvalue weighted by molar-refractivity contribution is 0.0955. The number of hydrazone groups is 2. The van der Waals surface area contributed by atoms with Crippen LogP contribution in [0.1, 0.15) is 35.3 Å². The van der Waals surface area contributed by atoms with Crippen molar-refractivity contribution in [2.45, 2.75) is 13.8 Å². The standard InChI is InChI=1S/C25H26N4O3.H2O4S/c1-17(19-7-13-23(31-3)14-8-19)26-28-22-11-5-21(6-12-22)25(30)29-27-18(2)20-9-15-24(32-4)16-10-20;1-5(2,3)4/h5-16,28H,1-4H3,(H,29,30);(H2,1,2,3,4)/b26-17+,27-18+;. The van der Waals surface area contributed by atoms with E-state index in [1.165, 1.54) is 0 Å². The Morgan fingerprint density at radius 1 is 0.703 bits per heavy atom. The molecule has 0 unspecified atom stereocenters. The first-order chi connectivity index (χ1) is 17.5. The molecule has 0 aliphatic heterocycles. The summed E-state index contributed by atoms with van der Waals surface area (Å²) in [5, 5.41) is 8.58. The average molecular weight is 529 g/mol. The van der Waals surface area contributed by atoms with Crippen molar-refractivity contribution in [3.8, 4) is 11.5 Å². The Bertz CT molecular complexity index is 1330. The summed E-state index contributed by atoms with van der Waals surface area (Å²) in [7, 11) is -1.42. The highest BCUT2D eigenvalue weighted by Gasteiger charge is 2.06. The number of rotatable bonds is 8. The zero-order valence-corrected chi connectivity index (χ0v) is 21.5. The fraction of sp³-hybridized carbons (Fsp3) is 0.160. The van der Waals surface area contributed by atoms with E-state index in [4.69, 9.17) is 27.0 Å².